The molecule has 0 amide bonds. The van der Waals surface area contributed by atoms with Crippen molar-refractivity contribution in [3.8, 4) is 0 Å². The highest BCUT2D eigenvalue weighted by Crippen LogP contribution is 2.30. The van der Waals surface area contributed by atoms with Gasteiger partial charge in [-0.25, -0.2) is 0 Å². The van der Waals surface area contributed by atoms with Crippen LogP contribution >= 0.6 is 11.6 Å². The Bertz CT molecular complexity index is 510. The number of aliphatic hydroxyl groups excluding tert-OH is 1. The summed E-state index contributed by atoms with van der Waals surface area (Å²) in [7, 11) is 0. The van der Waals surface area contributed by atoms with Crippen molar-refractivity contribution in [3.05, 3.63) is 46.3 Å². The molecule has 1 aromatic heterocycles. The van der Waals surface area contributed by atoms with Crippen LogP contribution in [-0.4, -0.2) is 10.1 Å². The molecule has 0 saturated heterocycles. The van der Waals surface area contributed by atoms with Gasteiger partial charge >= 0.3 is 0 Å². The number of benzene rings is 1. The molecule has 0 fully saturated rings. The van der Waals surface area contributed by atoms with Crippen LogP contribution in [0.3, 0.4) is 0 Å². The lowest BCUT2D eigenvalue weighted by molar-refractivity contribution is 0.190. The first-order valence-electron chi connectivity index (χ1n) is 4.75. The third kappa shape index (κ3) is 1.89. The lowest BCUT2D eigenvalue weighted by atomic mass is 10.1. The van der Waals surface area contributed by atoms with Crippen molar-refractivity contribution in [1.29, 1.82) is 0 Å². The third-order valence-corrected chi connectivity index (χ3v) is 2.64. The molecular formula is C11H11ClN2O2. The molecule has 4 nitrogen and oxygen atoms in total. The van der Waals surface area contributed by atoms with Gasteiger partial charge in [-0.05, 0) is 13.0 Å². The molecule has 0 aliphatic carbocycles. The van der Waals surface area contributed by atoms with E-state index in [9.17, 15) is 5.11 Å². The number of aliphatic hydroxyl groups is 1. The third-order valence-electron chi connectivity index (χ3n) is 2.30. The quantitative estimate of drug-likeness (QED) is 0.842. The second-order valence-electron chi connectivity index (χ2n) is 3.43. The van der Waals surface area contributed by atoms with Crippen LogP contribution in [0.15, 0.2) is 28.7 Å². The summed E-state index contributed by atoms with van der Waals surface area (Å²) >= 11 is 5.97. The monoisotopic (exact) mass is 238 g/mol. The highest BCUT2D eigenvalue weighted by Gasteiger charge is 2.20. The largest absolute Gasteiger partial charge is 0.425 e. The molecule has 1 unspecified atom stereocenters. The first kappa shape index (κ1) is 11.0. The van der Waals surface area contributed by atoms with E-state index in [4.69, 9.17) is 21.8 Å². The first-order valence-corrected chi connectivity index (χ1v) is 5.12. The molecule has 5 heteroatoms. The van der Waals surface area contributed by atoms with Gasteiger partial charge in [-0.15, -0.1) is 0 Å². The number of halogens is 1. The fourth-order valence-electron chi connectivity index (χ4n) is 1.52. The van der Waals surface area contributed by atoms with E-state index in [2.05, 4.69) is 4.98 Å². The molecule has 1 aromatic carbocycles. The van der Waals surface area contributed by atoms with E-state index in [0.29, 0.717) is 22.0 Å². The molecule has 84 valence electrons. The Morgan fingerprint density at radius 1 is 1.44 bits per heavy atom. The predicted molar refractivity (Wildman–Crippen MR) is 61.2 cm³/mol. The van der Waals surface area contributed by atoms with Crippen LogP contribution in [0.5, 0.6) is 0 Å². The average molecular weight is 239 g/mol. The maximum Gasteiger partial charge on any atom is 0.292 e. The van der Waals surface area contributed by atoms with Crippen molar-refractivity contribution in [2.75, 3.05) is 5.73 Å². The Morgan fingerprint density at radius 2 is 2.12 bits per heavy atom. The van der Waals surface area contributed by atoms with Crippen LogP contribution in [0.25, 0.3) is 0 Å². The van der Waals surface area contributed by atoms with Gasteiger partial charge in [-0.2, -0.15) is 4.98 Å². The van der Waals surface area contributed by atoms with Crippen LogP contribution < -0.4 is 5.73 Å². The number of nitrogens with two attached hydrogens (primary N) is 1. The fraction of sp³-hybridized carbons (Fsp3) is 0.182. The van der Waals surface area contributed by atoms with Crippen molar-refractivity contribution >= 4 is 17.6 Å². The number of nitrogens with zero attached hydrogens (tertiary/aromatic N) is 1. The second kappa shape index (κ2) is 4.15. The zero-order chi connectivity index (χ0) is 11.7. The summed E-state index contributed by atoms with van der Waals surface area (Å²) in [4.78, 5) is 3.90. The molecule has 3 N–H and O–H groups in total. The number of rotatable bonds is 2. The van der Waals surface area contributed by atoms with Crippen molar-refractivity contribution < 1.29 is 9.52 Å². The Morgan fingerprint density at radius 3 is 2.69 bits per heavy atom. The molecule has 0 aliphatic rings. The predicted octanol–water partition coefficient (Wildman–Crippen LogP) is 2.30. The summed E-state index contributed by atoms with van der Waals surface area (Å²) in [5, 5.41) is 10.6. The zero-order valence-corrected chi connectivity index (χ0v) is 9.40. The van der Waals surface area contributed by atoms with Crippen LogP contribution in [0.4, 0.5) is 6.01 Å². The molecule has 1 atom stereocenters. The number of nitrogen functional groups attached to an aromatic ring is 1. The number of anilines is 1. The molecular weight excluding hydrogens is 228 g/mol. The lowest BCUT2D eigenvalue weighted by Crippen LogP contribution is -2.00. The van der Waals surface area contributed by atoms with Crippen LogP contribution in [-0.2, 0) is 0 Å². The smallest absolute Gasteiger partial charge is 0.292 e. The maximum absolute atomic E-state index is 10.1. The van der Waals surface area contributed by atoms with Gasteiger partial charge in [0.2, 0.25) is 0 Å². The fourth-order valence-corrected chi connectivity index (χ4v) is 1.76. The van der Waals surface area contributed by atoms with Gasteiger partial charge in [0.15, 0.2) is 5.76 Å². The normalized spacial score (nSPS) is 12.7. The molecule has 0 aliphatic heterocycles. The van der Waals surface area contributed by atoms with Gasteiger partial charge in [0.25, 0.3) is 6.01 Å². The Balaban J connectivity index is 2.43. The van der Waals surface area contributed by atoms with Crippen molar-refractivity contribution in [3.63, 3.8) is 0 Å². The van der Waals surface area contributed by atoms with E-state index >= 15 is 0 Å². The van der Waals surface area contributed by atoms with E-state index in [1.165, 1.54) is 0 Å². The summed E-state index contributed by atoms with van der Waals surface area (Å²) in [6.45, 7) is 1.72. The average Bonchev–Trinajstić information content (AvgIpc) is 2.58. The highest BCUT2D eigenvalue weighted by molar-refractivity contribution is 6.31. The molecule has 0 spiro atoms. The van der Waals surface area contributed by atoms with Gasteiger partial charge < -0.3 is 15.3 Å². The molecule has 2 rings (SSSR count). The number of aryl methyl sites for hydroxylation is 1. The minimum Gasteiger partial charge on any atom is -0.425 e. The van der Waals surface area contributed by atoms with Crippen molar-refractivity contribution in [2.24, 2.45) is 0 Å². The van der Waals surface area contributed by atoms with Crippen LogP contribution in [0, 0.1) is 6.92 Å². The molecule has 0 bridgehead atoms. The Kier molecular flexibility index (Phi) is 2.85. The zero-order valence-electron chi connectivity index (χ0n) is 8.64. The maximum atomic E-state index is 10.1. The van der Waals surface area contributed by atoms with E-state index in [0.717, 1.165) is 0 Å². The number of aromatic nitrogens is 1. The highest BCUT2D eigenvalue weighted by atomic mass is 35.5. The number of oxazole rings is 1. The Hall–Kier alpha value is -1.52. The molecule has 16 heavy (non-hydrogen) atoms. The van der Waals surface area contributed by atoms with Gasteiger partial charge in [0, 0.05) is 10.6 Å². The minimum absolute atomic E-state index is 0.0404. The van der Waals surface area contributed by atoms with Gasteiger partial charge in [-0.1, -0.05) is 29.8 Å². The Labute approximate surface area is 97.7 Å². The number of hydrogen-bond acceptors (Lipinski definition) is 4. The SMILES string of the molecule is Cc1nc(N)oc1C(O)c1ccccc1Cl. The molecule has 1 heterocycles. The molecule has 2 aromatic rings. The van der Waals surface area contributed by atoms with Crippen LogP contribution in [0.2, 0.25) is 5.02 Å². The van der Waals surface area contributed by atoms with E-state index in [1.807, 2.05) is 0 Å². The summed E-state index contributed by atoms with van der Waals surface area (Å²) in [6, 6.07) is 7.05. The van der Waals surface area contributed by atoms with Gasteiger partial charge in [0.05, 0.1) is 5.69 Å². The molecule has 0 radical (unpaired) electrons. The lowest BCUT2D eigenvalue weighted by Gasteiger charge is -2.10. The van der Waals surface area contributed by atoms with Gasteiger partial charge in [-0.3, -0.25) is 0 Å². The van der Waals surface area contributed by atoms with Gasteiger partial charge in [0.1, 0.15) is 6.10 Å². The minimum atomic E-state index is -0.946. The topological polar surface area (TPSA) is 72.3 Å². The van der Waals surface area contributed by atoms with E-state index in [1.54, 1.807) is 31.2 Å². The molecule has 0 saturated carbocycles. The summed E-state index contributed by atoms with van der Waals surface area (Å²) in [6.07, 6.45) is -0.946. The summed E-state index contributed by atoms with van der Waals surface area (Å²) in [5.41, 5.74) is 6.54. The van der Waals surface area contributed by atoms with E-state index in [-0.39, 0.29) is 6.01 Å². The van der Waals surface area contributed by atoms with Crippen molar-refractivity contribution in [2.45, 2.75) is 13.0 Å². The summed E-state index contributed by atoms with van der Waals surface area (Å²) < 4.78 is 5.14. The number of hydrogen-bond donors (Lipinski definition) is 2. The first-order chi connectivity index (χ1) is 7.59. The summed E-state index contributed by atoms with van der Waals surface area (Å²) in [5.74, 6) is 0.325. The van der Waals surface area contributed by atoms with Crippen LogP contribution in [0.1, 0.15) is 23.1 Å². The second-order valence-corrected chi connectivity index (χ2v) is 3.83. The van der Waals surface area contributed by atoms with E-state index < -0.39 is 6.10 Å². The standard InChI is InChI=1S/C11H11ClN2O2/c1-6-10(16-11(13)14-6)9(15)7-4-2-3-5-8(7)12/h2-5,9,15H,1H3,(H2,13,14). The van der Waals surface area contributed by atoms with Crippen molar-refractivity contribution in [1.82, 2.24) is 4.98 Å².